The molecule has 3 N–H and O–H groups in total. The molecule has 76 valence electrons. The zero-order valence-corrected chi connectivity index (χ0v) is 8.03. The van der Waals surface area contributed by atoms with E-state index in [1.165, 1.54) is 0 Å². The van der Waals surface area contributed by atoms with E-state index in [0.717, 1.165) is 24.9 Å². The molecule has 1 aromatic rings. The molecule has 1 aromatic carbocycles. The smallest absolute Gasteiger partial charge is 0.117 e. The third-order valence-corrected chi connectivity index (χ3v) is 2.75. The molecule has 3 nitrogen and oxygen atoms in total. The van der Waals surface area contributed by atoms with Crippen LogP contribution in [0.25, 0.3) is 0 Å². The van der Waals surface area contributed by atoms with E-state index < -0.39 is 5.60 Å². The lowest BCUT2D eigenvalue weighted by Gasteiger charge is -2.36. The van der Waals surface area contributed by atoms with Crippen LogP contribution in [0.2, 0.25) is 0 Å². The summed E-state index contributed by atoms with van der Waals surface area (Å²) in [5.74, 6) is 0.246. The van der Waals surface area contributed by atoms with Gasteiger partial charge in [0, 0.05) is 18.3 Å². The molecular weight excluding hydrogens is 178 g/mol. The molecule has 0 radical (unpaired) electrons. The van der Waals surface area contributed by atoms with E-state index in [-0.39, 0.29) is 5.75 Å². The van der Waals surface area contributed by atoms with Gasteiger partial charge in [0.05, 0.1) is 5.60 Å². The molecule has 3 heteroatoms. The van der Waals surface area contributed by atoms with Crippen molar-refractivity contribution < 1.29 is 10.2 Å². The van der Waals surface area contributed by atoms with E-state index in [9.17, 15) is 10.2 Å². The van der Waals surface area contributed by atoms with Crippen molar-refractivity contribution in [2.45, 2.75) is 24.9 Å². The molecule has 1 saturated carbocycles. The van der Waals surface area contributed by atoms with Crippen molar-refractivity contribution in [3.05, 3.63) is 24.3 Å². The summed E-state index contributed by atoms with van der Waals surface area (Å²) in [6, 6.07) is 6.94. The fourth-order valence-corrected chi connectivity index (χ4v) is 1.64. The maximum atomic E-state index is 9.82. The van der Waals surface area contributed by atoms with Gasteiger partial charge in [0.1, 0.15) is 5.75 Å². The molecule has 1 aliphatic rings. The van der Waals surface area contributed by atoms with Crippen LogP contribution in [0.3, 0.4) is 0 Å². The summed E-state index contributed by atoms with van der Waals surface area (Å²) in [4.78, 5) is 0. The lowest BCUT2D eigenvalue weighted by atomic mass is 9.80. The minimum absolute atomic E-state index is 0.246. The molecule has 2 rings (SSSR count). The minimum Gasteiger partial charge on any atom is -0.508 e. The molecule has 0 unspecified atom stereocenters. The molecule has 0 saturated heterocycles. The highest BCUT2D eigenvalue weighted by Crippen LogP contribution is 2.31. The molecule has 0 aromatic heterocycles. The number of hydrogen-bond donors (Lipinski definition) is 3. The van der Waals surface area contributed by atoms with Crippen molar-refractivity contribution in [1.82, 2.24) is 0 Å². The number of phenolic OH excluding ortho intramolecular Hbond substituents is 1. The van der Waals surface area contributed by atoms with Gasteiger partial charge in [-0.1, -0.05) is 6.07 Å². The van der Waals surface area contributed by atoms with E-state index in [1.54, 1.807) is 18.2 Å². The first-order chi connectivity index (χ1) is 6.68. The Balaban J connectivity index is 1.91. The Bertz CT molecular complexity index is 321. The highest BCUT2D eigenvalue weighted by molar-refractivity contribution is 5.47. The summed E-state index contributed by atoms with van der Waals surface area (Å²) >= 11 is 0. The number of phenols is 1. The lowest BCUT2D eigenvalue weighted by molar-refractivity contribution is -0.0202. The van der Waals surface area contributed by atoms with Gasteiger partial charge >= 0.3 is 0 Å². The summed E-state index contributed by atoms with van der Waals surface area (Å²) in [5.41, 5.74) is 0.330. The maximum Gasteiger partial charge on any atom is 0.117 e. The first-order valence-corrected chi connectivity index (χ1v) is 4.93. The van der Waals surface area contributed by atoms with Crippen LogP contribution >= 0.6 is 0 Å². The molecule has 0 atom stereocenters. The summed E-state index contributed by atoms with van der Waals surface area (Å²) in [6.07, 6.45) is 2.86. The van der Waals surface area contributed by atoms with Crippen LogP contribution in [0.1, 0.15) is 19.3 Å². The van der Waals surface area contributed by atoms with Crippen LogP contribution in [-0.2, 0) is 0 Å². The van der Waals surface area contributed by atoms with Crippen LogP contribution in [0, 0.1) is 0 Å². The lowest BCUT2D eigenvalue weighted by Crippen LogP contribution is -2.43. The van der Waals surface area contributed by atoms with E-state index in [1.807, 2.05) is 6.07 Å². The van der Waals surface area contributed by atoms with Crippen molar-refractivity contribution in [1.29, 1.82) is 0 Å². The molecule has 1 aliphatic carbocycles. The Kier molecular flexibility index (Phi) is 2.33. The predicted molar refractivity (Wildman–Crippen MR) is 55.4 cm³/mol. The van der Waals surface area contributed by atoms with E-state index in [2.05, 4.69) is 5.32 Å². The van der Waals surface area contributed by atoms with Gasteiger partial charge in [0.25, 0.3) is 0 Å². The topological polar surface area (TPSA) is 52.5 Å². The van der Waals surface area contributed by atoms with E-state index in [0.29, 0.717) is 6.54 Å². The number of rotatable bonds is 3. The molecule has 0 aliphatic heterocycles. The predicted octanol–water partition coefficient (Wildman–Crippen LogP) is 1.72. The molecular formula is C11H15NO2. The third kappa shape index (κ3) is 1.99. The second kappa shape index (κ2) is 3.50. The van der Waals surface area contributed by atoms with E-state index >= 15 is 0 Å². The summed E-state index contributed by atoms with van der Waals surface area (Å²) in [7, 11) is 0. The molecule has 14 heavy (non-hydrogen) atoms. The van der Waals surface area contributed by atoms with Gasteiger partial charge in [-0.2, -0.15) is 0 Å². The normalized spacial score (nSPS) is 18.6. The zero-order chi connectivity index (χ0) is 10.0. The van der Waals surface area contributed by atoms with Gasteiger partial charge in [-0.25, -0.2) is 0 Å². The SMILES string of the molecule is Oc1cccc(NCC2(O)CCC2)c1. The Morgan fingerprint density at radius 3 is 2.71 bits per heavy atom. The number of nitrogens with one attached hydrogen (secondary N) is 1. The van der Waals surface area contributed by atoms with Gasteiger partial charge in [-0.05, 0) is 31.4 Å². The monoisotopic (exact) mass is 193 g/mol. The number of anilines is 1. The van der Waals surface area contributed by atoms with Crippen molar-refractivity contribution in [3.8, 4) is 5.75 Å². The average molecular weight is 193 g/mol. The van der Waals surface area contributed by atoms with E-state index in [4.69, 9.17) is 0 Å². The number of aliphatic hydroxyl groups is 1. The zero-order valence-electron chi connectivity index (χ0n) is 8.03. The van der Waals surface area contributed by atoms with Crippen molar-refractivity contribution in [3.63, 3.8) is 0 Å². The Labute approximate surface area is 83.4 Å². The summed E-state index contributed by atoms with van der Waals surface area (Å²) in [6.45, 7) is 0.566. The molecule has 0 bridgehead atoms. The fraction of sp³-hybridized carbons (Fsp3) is 0.455. The maximum absolute atomic E-state index is 9.82. The van der Waals surface area contributed by atoms with Crippen LogP contribution < -0.4 is 5.32 Å². The van der Waals surface area contributed by atoms with Crippen LogP contribution in [0.5, 0.6) is 5.75 Å². The van der Waals surface area contributed by atoms with Gasteiger partial charge in [0.15, 0.2) is 0 Å². The fourth-order valence-electron chi connectivity index (χ4n) is 1.64. The first-order valence-electron chi connectivity index (χ1n) is 4.93. The standard InChI is InChI=1S/C11H15NO2/c13-10-4-1-3-9(7-10)12-8-11(14)5-2-6-11/h1,3-4,7,12-14H,2,5-6,8H2. The molecule has 0 heterocycles. The second-order valence-electron chi connectivity index (χ2n) is 3.98. The average Bonchev–Trinajstić information content (AvgIpc) is 2.12. The molecule has 0 spiro atoms. The van der Waals surface area contributed by atoms with Gasteiger partial charge < -0.3 is 15.5 Å². The largest absolute Gasteiger partial charge is 0.508 e. The van der Waals surface area contributed by atoms with Crippen LogP contribution in [-0.4, -0.2) is 22.4 Å². The Morgan fingerprint density at radius 2 is 2.14 bits per heavy atom. The Morgan fingerprint density at radius 1 is 1.36 bits per heavy atom. The summed E-state index contributed by atoms with van der Waals surface area (Å²) in [5, 5.41) is 22.1. The van der Waals surface area contributed by atoms with Crippen LogP contribution in [0.4, 0.5) is 5.69 Å². The van der Waals surface area contributed by atoms with Crippen molar-refractivity contribution in [2.75, 3.05) is 11.9 Å². The van der Waals surface area contributed by atoms with Crippen molar-refractivity contribution >= 4 is 5.69 Å². The molecule has 1 fully saturated rings. The van der Waals surface area contributed by atoms with Crippen LogP contribution in [0.15, 0.2) is 24.3 Å². The molecule has 0 amide bonds. The van der Waals surface area contributed by atoms with Gasteiger partial charge in [-0.3, -0.25) is 0 Å². The number of hydrogen-bond acceptors (Lipinski definition) is 3. The quantitative estimate of drug-likeness (QED) is 0.685. The first kappa shape index (κ1) is 9.34. The Hall–Kier alpha value is -1.22. The van der Waals surface area contributed by atoms with Crippen molar-refractivity contribution in [2.24, 2.45) is 0 Å². The van der Waals surface area contributed by atoms with Gasteiger partial charge in [0.2, 0.25) is 0 Å². The number of aromatic hydroxyl groups is 1. The highest BCUT2D eigenvalue weighted by atomic mass is 16.3. The second-order valence-corrected chi connectivity index (χ2v) is 3.98. The third-order valence-electron chi connectivity index (χ3n) is 2.75. The summed E-state index contributed by atoms with van der Waals surface area (Å²) < 4.78 is 0. The minimum atomic E-state index is -0.522. The van der Waals surface area contributed by atoms with Gasteiger partial charge in [-0.15, -0.1) is 0 Å². The highest BCUT2D eigenvalue weighted by Gasteiger charge is 2.33. The number of benzene rings is 1.